The first kappa shape index (κ1) is 22.8. The van der Waals surface area contributed by atoms with Gasteiger partial charge >= 0.3 is 5.97 Å². The van der Waals surface area contributed by atoms with Crippen LogP contribution in [0.1, 0.15) is 45.0 Å². The second-order valence-electron chi connectivity index (χ2n) is 8.67. The maximum absolute atomic E-state index is 12.7. The second kappa shape index (κ2) is 9.32. The zero-order valence-corrected chi connectivity index (χ0v) is 19.3. The molecule has 0 aromatic heterocycles. The third-order valence-electron chi connectivity index (χ3n) is 6.32. The van der Waals surface area contributed by atoms with Gasteiger partial charge in [0.05, 0.1) is 17.6 Å². The lowest BCUT2D eigenvalue weighted by Gasteiger charge is -2.30. The average molecular weight is 489 g/mol. The maximum Gasteiger partial charge on any atom is 0.311 e. The number of amides is 1. The first-order valence-electron chi connectivity index (χ1n) is 11.2. The van der Waals surface area contributed by atoms with Gasteiger partial charge in [0, 0.05) is 28.6 Å². The lowest BCUT2D eigenvalue weighted by Crippen LogP contribution is -2.35. The van der Waals surface area contributed by atoms with Crippen molar-refractivity contribution in [1.29, 1.82) is 5.26 Å². The van der Waals surface area contributed by atoms with Crippen LogP contribution in [0.2, 0.25) is 5.02 Å². The minimum Gasteiger partial charge on any atom is -0.481 e. The van der Waals surface area contributed by atoms with E-state index in [1.54, 1.807) is 36.4 Å². The number of nitrogens with one attached hydrogen (secondary N) is 1. The van der Waals surface area contributed by atoms with Gasteiger partial charge in [-0.1, -0.05) is 17.7 Å². The lowest BCUT2D eigenvalue weighted by atomic mass is 9.91. The molecule has 0 fully saturated rings. The van der Waals surface area contributed by atoms with Crippen molar-refractivity contribution in [2.24, 2.45) is 0 Å². The number of nitrogens with zero attached hydrogens (tertiary/aromatic N) is 1. The van der Waals surface area contributed by atoms with E-state index in [2.05, 4.69) is 5.32 Å². The fourth-order valence-electron chi connectivity index (χ4n) is 4.61. The van der Waals surface area contributed by atoms with Crippen molar-refractivity contribution >= 4 is 23.5 Å². The molecule has 3 atom stereocenters. The minimum absolute atomic E-state index is 0.0112. The molecule has 7 nitrogen and oxygen atoms in total. The van der Waals surface area contributed by atoms with E-state index >= 15 is 0 Å². The molecule has 176 valence electrons. The number of hydrogen-bond acceptors (Lipinski definition) is 5. The van der Waals surface area contributed by atoms with Crippen LogP contribution in [-0.2, 0) is 17.6 Å². The number of nitriles is 1. The van der Waals surface area contributed by atoms with Crippen LogP contribution in [0.5, 0.6) is 11.5 Å². The molecule has 2 N–H and O–H groups in total. The molecule has 1 heterocycles. The summed E-state index contributed by atoms with van der Waals surface area (Å²) in [5.41, 5.74) is 3.68. The van der Waals surface area contributed by atoms with Crippen LogP contribution in [0.4, 0.5) is 0 Å². The predicted molar refractivity (Wildman–Crippen MR) is 128 cm³/mol. The molecular weight excluding hydrogens is 468 g/mol. The summed E-state index contributed by atoms with van der Waals surface area (Å²) < 4.78 is 11.7. The molecule has 3 aromatic carbocycles. The SMILES string of the molecule is N#Cc1ccc2c(c1)C(C(=O)O)CC(Oc1ccc(C(=O)NC3Cc4ccc(Cl)cc4C3)cc1)O2. The number of carboxylic acid groups (broad SMARTS) is 1. The summed E-state index contributed by atoms with van der Waals surface area (Å²) in [6.07, 6.45) is 0.774. The molecule has 1 aliphatic heterocycles. The monoisotopic (exact) mass is 488 g/mol. The summed E-state index contributed by atoms with van der Waals surface area (Å²) >= 11 is 6.07. The fraction of sp³-hybridized carbons (Fsp3) is 0.222. The predicted octanol–water partition coefficient (Wildman–Crippen LogP) is 4.46. The Bertz CT molecular complexity index is 1350. The largest absolute Gasteiger partial charge is 0.481 e. The highest BCUT2D eigenvalue weighted by molar-refractivity contribution is 6.30. The molecule has 3 unspecified atom stereocenters. The van der Waals surface area contributed by atoms with Crippen LogP contribution in [0.3, 0.4) is 0 Å². The molecule has 1 amide bonds. The van der Waals surface area contributed by atoms with Crippen molar-refractivity contribution < 1.29 is 24.2 Å². The highest BCUT2D eigenvalue weighted by atomic mass is 35.5. The van der Waals surface area contributed by atoms with Gasteiger partial charge in [0.15, 0.2) is 0 Å². The van der Waals surface area contributed by atoms with Crippen LogP contribution >= 0.6 is 11.6 Å². The number of ether oxygens (including phenoxy) is 2. The van der Waals surface area contributed by atoms with Crippen molar-refractivity contribution in [3.8, 4) is 17.6 Å². The zero-order chi connectivity index (χ0) is 24.5. The number of benzene rings is 3. The molecule has 5 rings (SSSR count). The number of carbonyl (C=O) groups excluding carboxylic acids is 1. The summed E-state index contributed by atoms with van der Waals surface area (Å²) in [6.45, 7) is 0. The molecule has 35 heavy (non-hydrogen) atoms. The fourth-order valence-corrected chi connectivity index (χ4v) is 4.80. The summed E-state index contributed by atoms with van der Waals surface area (Å²) in [4.78, 5) is 24.6. The van der Waals surface area contributed by atoms with Crippen molar-refractivity contribution in [1.82, 2.24) is 5.32 Å². The van der Waals surface area contributed by atoms with E-state index in [9.17, 15) is 14.7 Å². The van der Waals surface area contributed by atoms with Crippen LogP contribution < -0.4 is 14.8 Å². The Morgan fingerprint density at radius 3 is 2.57 bits per heavy atom. The number of halogens is 1. The van der Waals surface area contributed by atoms with Crippen LogP contribution in [0, 0.1) is 11.3 Å². The topological polar surface area (TPSA) is 109 Å². The molecule has 0 saturated heterocycles. The van der Waals surface area contributed by atoms with E-state index in [-0.39, 0.29) is 18.4 Å². The quantitative estimate of drug-likeness (QED) is 0.548. The Kier molecular flexibility index (Phi) is 6.06. The molecule has 0 radical (unpaired) electrons. The van der Waals surface area contributed by atoms with E-state index in [1.807, 2.05) is 24.3 Å². The highest BCUT2D eigenvalue weighted by Gasteiger charge is 2.34. The van der Waals surface area contributed by atoms with E-state index < -0.39 is 18.2 Å². The Balaban J connectivity index is 1.23. The Morgan fingerprint density at radius 2 is 1.83 bits per heavy atom. The Hall–Kier alpha value is -4.02. The normalized spacial score (nSPS) is 20.1. The van der Waals surface area contributed by atoms with Gasteiger partial charge in [-0.05, 0) is 78.6 Å². The molecule has 1 aliphatic carbocycles. The van der Waals surface area contributed by atoms with Crippen molar-refractivity contribution in [3.05, 3.63) is 93.5 Å². The summed E-state index contributed by atoms with van der Waals surface area (Å²) in [6, 6.07) is 19.2. The van der Waals surface area contributed by atoms with Crippen LogP contribution in [-0.4, -0.2) is 29.3 Å². The van der Waals surface area contributed by atoms with Gasteiger partial charge in [-0.2, -0.15) is 5.26 Å². The molecular formula is C27H21ClN2O5. The number of carboxylic acids is 1. The van der Waals surface area contributed by atoms with E-state index in [0.29, 0.717) is 33.2 Å². The van der Waals surface area contributed by atoms with Gasteiger partial charge in [-0.15, -0.1) is 0 Å². The molecule has 0 saturated carbocycles. The van der Waals surface area contributed by atoms with Crippen LogP contribution in [0.15, 0.2) is 60.7 Å². The number of rotatable bonds is 5. The van der Waals surface area contributed by atoms with Crippen molar-refractivity contribution in [2.75, 3.05) is 0 Å². The number of hydrogen-bond donors (Lipinski definition) is 2. The standard InChI is InChI=1S/C27H21ClN2O5/c28-19-5-2-17-11-20(12-18(17)10-19)30-26(31)16-3-6-21(7-4-16)34-25-13-23(27(32)33)22-9-15(14-29)1-8-24(22)35-25/h1-10,20,23,25H,11-13H2,(H,30,31)(H,32,33). The van der Waals surface area contributed by atoms with Crippen molar-refractivity contribution in [3.63, 3.8) is 0 Å². The summed E-state index contributed by atoms with van der Waals surface area (Å²) in [5.74, 6) is -1.21. The smallest absolute Gasteiger partial charge is 0.311 e. The molecule has 8 heteroatoms. The molecule has 0 bridgehead atoms. The number of fused-ring (bicyclic) bond motifs is 2. The summed E-state index contributed by atoms with van der Waals surface area (Å²) in [7, 11) is 0. The average Bonchev–Trinajstić information content (AvgIpc) is 3.24. The molecule has 3 aromatic rings. The minimum atomic E-state index is -1.01. The van der Waals surface area contributed by atoms with E-state index in [1.165, 1.54) is 11.6 Å². The third-order valence-corrected chi connectivity index (χ3v) is 6.55. The lowest BCUT2D eigenvalue weighted by molar-refractivity contribution is -0.141. The molecule has 2 aliphatic rings. The third kappa shape index (κ3) is 4.79. The first-order chi connectivity index (χ1) is 16.9. The van der Waals surface area contributed by atoms with E-state index in [0.717, 1.165) is 18.4 Å². The number of aliphatic carboxylic acids is 1. The molecule has 0 spiro atoms. The van der Waals surface area contributed by atoms with Gasteiger partial charge in [0.1, 0.15) is 11.5 Å². The summed E-state index contributed by atoms with van der Waals surface area (Å²) in [5, 5.41) is 22.5. The van der Waals surface area contributed by atoms with E-state index in [4.69, 9.17) is 26.3 Å². The highest BCUT2D eigenvalue weighted by Crippen LogP contribution is 2.38. The van der Waals surface area contributed by atoms with Gasteiger partial charge in [-0.25, -0.2) is 0 Å². The zero-order valence-electron chi connectivity index (χ0n) is 18.5. The van der Waals surface area contributed by atoms with Gasteiger partial charge < -0.3 is 19.9 Å². The Labute approximate surface area is 206 Å². The Morgan fingerprint density at radius 1 is 1.06 bits per heavy atom. The maximum atomic E-state index is 12.7. The van der Waals surface area contributed by atoms with Gasteiger partial charge in [-0.3, -0.25) is 9.59 Å². The van der Waals surface area contributed by atoms with Crippen LogP contribution in [0.25, 0.3) is 0 Å². The van der Waals surface area contributed by atoms with Crippen molar-refractivity contribution in [2.45, 2.75) is 37.5 Å². The number of carbonyl (C=O) groups is 2. The van der Waals surface area contributed by atoms with Gasteiger partial charge in [0.25, 0.3) is 5.91 Å². The first-order valence-corrected chi connectivity index (χ1v) is 11.6. The van der Waals surface area contributed by atoms with Gasteiger partial charge in [0.2, 0.25) is 6.29 Å². The second-order valence-corrected chi connectivity index (χ2v) is 9.11.